The van der Waals surface area contributed by atoms with E-state index in [2.05, 4.69) is 11.6 Å². The summed E-state index contributed by atoms with van der Waals surface area (Å²) in [5, 5.41) is -3.42. The van der Waals surface area contributed by atoms with E-state index in [0.29, 0.717) is 0 Å². The zero-order chi connectivity index (χ0) is 7.28. The summed E-state index contributed by atoms with van der Waals surface area (Å²) in [7, 11) is 0. The minimum absolute atomic E-state index is 1.08. The second-order valence-corrected chi connectivity index (χ2v) is 2.40. The van der Waals surface area contributed by atoms with E-state index in [1.54, 1.807) is 0 Å². The van der Waals surface area contributed by atoms with Gasteiger partial charge in [0.2, 0.25) is 0 Å². The van der Waals surface area contributed by atoms with E-state index in [9.17, 15) is 18.0 Å². The molecule has 0 saturated heterocycles. The van der Waals surface area contributed by atoms with Crippen LogP contribution in [-0.2, 0) is 4.79 Å². The predicted molar refractivity (Wildman–Crippen MR) is 24.3 cm³/mol. The molecule has 1 saturated carbocycles. The van der Waals surface area contributed by atoms with Crippen LogP contribution >= 0.6 is 11.6 Å². The molecule has 52 valence electrons. The fourth-order valence-electron chi connectivity index (χ4n) is 0.521. The molecule has 0 spiro atoms. The van der Waals surface area contributed by atoms with Gasteiger partial charge in [0.1, 0.15) is 0 Å². The maximum atomic E-state index is 12.0. The molecule has 9 heavy (non-hydrogen) atoms. The van der Waals surface area contributed by atoms with Crippen LogP contribution < -0.4 is 0 Å². The van der Waals surface area contributed by atoms with Crippen molar-refractivity contribution in [3.63, 3.8) is 0 Å². The Morgan fingerprint density at radius 1 is 1.44 bits per heavy atom. The highest BCUT2D eigenvalue weighted by Gasteiger charge is 2.69. The van der Waals surface area contributed by atoms with Gasteiger partial charge in [0.25, 0.3) is 0 Å². The quantitative estimate of drug-likeness (QED) is 0.489. The molecular formula is C4H2ClF3O. The van der Waals surface area contributed by atoms with Gasteiger partial charge in [-0.1, -0.05) is 11.6 Å². The van der Waals surface area contributed by atoms with Crippen LogP contribution in [0, 0.1) is 0 Å². The van der Waals surface area contributed by atoms with Gasteiger partial charge in [0.15, 0.2) is 5.78 Å². The molecule has 5 heteroatoms. The Kier molecular flexibility index (Phi) is 1.09. The molecule has 0 amide bonds. The Balaban J connectivity index is 2.82. The molecule has 0 aromatic rings. The summed E-state index contributed by atoms with van der Waals surface area (Å²) in [6, 6.07) is 0. The van der Waals surface area contributed by atoms with Crippen LogP contribution in [0.25, 0.3) is 0 Å². The average Bonchev–Trinajstić information content (AvgIpc) is 1.65. The predicted octanol–water partition coefficient (Wildman–Crippen LogP) is 1.50. The summed E-state index contributed by atoms with van der Waals surface area (Å²) in [5.41, 5.74) is 0. The monoisotopic (exact) mass is 158 g/mol. The molecule has 0 bridgehead atoms. The topological polar surface area (TPSA) is 17.1 Å². The fraction of sp³-hybridized carbons (Fsp3) is 0.750. The molecule has 1 nitrogen and oxygen atoms in total. The van der Waals surface area contributed by atoms with Crippen molar-refractivity contribution >= 4 is 17.4 Å². The number of carbonyl (C=O) groups excluding carboxylic acids is 1. The first-order valence-corrected chi connectivity index (χ1v) is 2.55. The van der Waals surface area contributed by atoms with E-state index in [1.165, 1.54) is 0 Å². The highest BCUT2D eigenvalue weighted by atomic mass is 35.5. The Labute approximate surface area is 53.8 Å². The lowest BCUT2D eigenvalue weighted by Gasteiger charge is -2.35. The minimum Gasteiger partial charge on any atom is -0.294 e. The van der Waals surface area contributed by atoms with Crippen molar-refractivity contribution in [2.45, 2.75) is 17.5 Å². The third-order valence-corrected chi connectivity index (χ3v) is 1.68. The van der Waals surface area contributed by atoms with Crippen LogP contribution in [0.3, 0.4) is 0 Å². The molecule has 0 N–H and O–H groups in total. The van der Waals surface area contributed by atoms with Crippen LogP contribution in [0.15, 0.2) is 0 Å². The lowest BCUT2D eigenvalue weighted by atomic mass is 9.90. The summed E-state index contributed by atoms with van der Waals surface area (Å²) in [5.74, 6) is -4.90. The first-order valence-electron chi connectivity index (χ1n) is 2.17. The third kappa shape index (κ3) is 0.657. The molecule has 1 aliphatic carbocycles. The molecule has 0 heterocycles. The number of carbonyl (C=O) groups is 1. The molecule has 0 radical (unpaired) electrons. The highest BCUT2D eigenvalue weighted by Crippen LogP contribution is 2.49. The molecule has 0 aromatic heterocycles. The zero-order valence-electron chi connectivity index (χ0n) is 4.13. The average molecular weight is 159 g/mol. The summed E-state index contributed by atoms with van der Waals surface area (Å²) < 4.78 is 35.7. The van der Waals surface area contributed by atoms with E-state index in [4.69, 9.17) is 0 Å². The van der Waals surface area contributed by atoms with Crippen molar-refractivity contribution in [2.75, 3.05) is 0 Å². The van der Waals surface area contributed by atoms with Crippen molar-refractivity contribution in [3.8, 4) is 0 Å². The van der Waals surface area contributed by atoms with Crippen molar-refractivity contribution in [2.24, 2.45) is 0 Å². The lowest BCUT2D eigenvalue weighted by molar-refractivity contribution is -0.182. The Hall–Kier alpha value is -0.250. The van der Waals surface area contributed by atoms with Gasteiger partial charge in [-0.25, -0.2) is 13.2 Å². The smallest absolute Gasteiger partial charge is 0.294 e. The summed E-state index contributed by atoms with van der Waals surface area (Å²) in [4.78, 5) is 9.98. The largest absolute Gasteiger partial charge is 0.309 e. The van der Waals surface area contributed by atoms with Gasteiger partial charge in [0.05, 0.1) is 6.42 Å². The number of halogens is 4. The van der Waals surface area contributed by atoms with E-state index in [1.807, 2.05) is 0 Å². The molecule has 0 aromatic carbocycles. The minimum atomic E-state index is -3.66. The first kappa shape index (κ1) is 6.86. The van der Waals surface area contributed by atoms with Gasteiger partial charge >= 0.3 is 11.1 Å². The normalized spacial score (nSPS) is 40.2. The van der Waals surface area contributed by atoms with Crippen molar-refractivity contribution in [3.05, 3.63) is 0 Å². The molecule has 1 unspecified atom stereocenters. The standard InChI is InChI=1S/C4H2ClF3O/c5-4(8)2(9)1-3(4,6)7/h1H2. The lowest BCUT2D eigenvalue weighted by Crippen LogP contribution is -2.58. The SMILES string of the molecule is O=C1CC(F)(F)C1(F)Cl. The van der Waals surface area contributed by atoms with Crippen LogP contribution in [0.1, 0.15) is 6.42 Å². The van der Waals surface area contributed by atoms with Gasteiger partial charge in [-0.2, -0.15) is 0 Å². The maximum Gasteiger partial charge on any atom is 0.309 e. The van der Waals surface area contributed by atoms with Gasteiger partial charge in [-0.3, -0.25) is 4.79 Å². The van der Waals surface area contributed by atoms with Crippen LogP contribution in [0.2, 0.25) is 0 Å². The summed E-state index contributed by atoms with van der Waals surface area (Å²) >= 11 is 4.48. The number of hydrogen-bond acceptors (Lipinski definition) is 1. The number of alkyl halides is 4. The van der Waals surface area contributed by atoms with Gasteiger partial charge in [-0.15, -0.1) is 0 Å². The second kappa shape index (κ2) is 1.42. The zero-order valence-corrected chi connectivity index (χ0v) is 4.88. The summed E-state index contributed by atoms with van der Waals surface area (Å²) in [6.07, 6.45) is -1.08. The Bertz CT molecular complexity index is 165. The van der Waals surface area contributed by atoms with Gasteiger partial charge in [-0.05, 0) is 0 Å². The fourth-order valence-corrected chi connectivity index (χ4v) is 0.655. The molecule has 1 rings (SSSR count). The first-order chi connectivity index (χ1) is 3.88. The Morgan fingerprint density at radius 2 is 1.89 bits per heavy atom. The maximum absolute atomic E-state index is 12.0. The van der Waals surface area contributed by atoms with E-state index >= 15 is 0 Å². The molecule has 0 aliphatic heterocycles. The van der Waals surface area contributed by atoms with Crippen LogP contribution in [0.5, 0.6) is 0 Å². The molecule has 1 fully saturated rings. The van der Waals surface area contributed by atoms with E-state index in [-0.39, 0.29) is 0 Å². The van der Waals surface area contributed by atoms with Crippen molar-refractivity contribution in [1.82, 2.24) is 0 Å². The van der Waals surface area contributed by atoms with Crippen molar-refractivity contribution in [1.29, 1.82) is 0 Å². The van der Waals surface area contributed by atoms with Gasteiger partial charge < -0.3 is 0 Å². The number of ketones is 1. The highest BCUT2D eigenvalue weighted by molar-refractivity contribution is 6.37. The van der Waals surface area contributed by atoms with Crippen LogP contribution in [0.4, 0.5) is 13.2 Å². The number of Topliss-reactive ketones (excluding diaryl/α,β-unsaturated/α-hetero) is 1. The number of rotatable bonds is 0. The van der Waals surface area contributed by atoms with E-state index < -0.39 is 23.3 Å². The van der Waals surface area contributed by atoms with Crippen LogP contribution in [-0.4, -0.2) is 16.8 Å². The summed E-state index contributed by atoms with van der Waals surface area (Å²) in [6.45, 7) is 0. The molecular weight excluding hydrogens is 156 g/mol. The second-order valence-electron chi connectivity index (χ2n) is 1.88. The van der Waals surface area contributed by atoms with Crippen molar-refractivity contribution < 1.29 is 18.0 Å². The Morgan fingerprint density at radius 3 is 1.89 bits per heavy atom. The molecule has 1 atom stereocenters. The molecule has 1 aliphatic rings. The third-order valence-electron chi connectivity index (χ3n) is 1.19. The van der Waals surface area contributed by atoms with Gasteiger partial charge in [0, 0.05) is 0 Å². The van der Waals surface area contributed by atoms with E-state index in [0.717, 1.165) is 0 Å². The number of hydrogen-bond donors (Lipinski definition) is 0.